The molecule has 0 aliphatic heterocycles. The molecule has 1 atom stereocenters. The summed E-state index contributed by atoms with van der Waals surface area (Å²) in [6.07, 6.45) is -1.77. The van der Waals surface area contributed by atoms with Crippen LogP contribution in [-0.2, 0) is 35.2 Å². The van der Waals surface area contributed by atoms with E-state index in [0.717, 1.165) is 5.56 Å². The molecule has 0 heterocycles. The quantitative estimate of drug-likeness (QED) is 0.390. The van der Waals surface area contributed by atoms with Crippen LogP contribution in [0.2, 0.25) is 0 Å². The maximum atomic E-state index is 12.4. The molecule has 1 aromatic rings. The molecule has 0 fully saturated rings. The molecule has 0 bridgehead atoms. The lowest BCUT2D eigenvalue weighted by Gasteiger charge is -2.22. The van der Waals surface area contributed by atoms with Gasteiger partial charge < -0.3 is 19.5 Å². The molecule has 1 N–H and O–H groups in total. The van der Waals surface area contributed by atoms with E-state index in [1.54, 1.807) is 52.0 Å². The van der Waals surface area contributed by atoms with E-state index < -0.39 is 48.3 Å². The van der Waals surface area contributed by atoms with E-state index in [4.69, 9.17) is 14.2 Å². The molecule has 154 valence electrons. The number of ketones is 1. The SMILES string of the molecule is CCOC(=O)CC(=O)C[C@@H](NC(=O)OC(C)(C)C)C(=O)OCc1ccccc1. The molecule has 1 aromatic carbocycles. The number of carbonyl (C=O) groups excluding carboxylic acids is 4. The maximum absolute atomic E-state index is 12.4. The molecule has 0 spiro atoms. The highest BCUT2D eigenvalue weighted by atomic mass is 16.6. The Kier molecular flexibility index (Phi) is 9.14. The highest BCUT2D eigenvalue weighted by molar-refractivity contribution is 5.98. The van der Waals surface area contributed by atoms with Crippen LogP contribution in [0, 0.1) is 0 Å². The Labute approximate surface area is 164 Å². The molecule has 0 unspecified atom stereocenters. The van der Waals surface area contributed by atoms with Crippen molar-refractivity contribution in [3.05, 3.63) is 35.9 Å². The fraction of sp³-hybridized carbons (Fsp3) is 0.500. The molecule has 1 rings (SSSR count). The van der Waals surface area contributed by atoms with E-state index in [1.165, 1.54) is 0 Å². The molecule has 0 saturated heterocycles. The van der Waals surface area contributed by atoms with Gasteiger partial charge in [0.1, 0.15) is 30.5 Å². The van der Waals surface area contributed by atoms with Crippen LogP contribution in [0.4, 0.5) is 4.79 Å². The Bertz CT molecular complexity index is 680. The molecule has 0 aliphatic rings. The van der Waals surface area contributed by atoms with Crippen molar-refractivity contribution in [2.45, 2.75) is 58.8 Å². The number of hydrogen-bond acceptors (Lipinski definition) is 7. The van der Waals surface area contributed by atoms with Crippen molar-refractivity contribution >= 4 is 23.8 Å². The lowest BCUT2D eigenvalue weighted by atomic mass is 10.1. The number of ether oxygens (including phenoxy) is 3. The van der Waals surface area contributed by atoms with Crippen LogP contribution in [-0.4, -0.2) is 42.1 Å². The maximum Gasteiger partial charge on any atom is 0.408 e. The summed E-state index contributed by atoms with van der Waals surface area (Å²) in [5.74, 6) is -2.05. The minimum atomic E-state index is -1.28. The molecule has 0 saturated carbocycles. The van der Waals surface area contributed by atoms with Crippen molar-refractivity contribution in [2.75, 3.05) is 6.61 Å². The van der Waals surface area contributed by atoms with Gasteiger partial charge in [0, 0.05) is 6.42 Å². The van der Waals surface area contributed by atoms with E-state index >= 15 is 0 Å². The average Bonchev–Trinajstić information content (AvgIpc) is 2.58. The molecule has 0 aromatic heterocycles. The Morgan fingerprint density at radius 3 is 2.25 bits per heavy atom. The van der Waals surface area contributed by atoms with Crippen LogP contribution in [0.3, 0.4) is 0 Å². The van der Waals surface area contributed by atoms with Crippen LogP contribution in [0.25, 0.3) is 0 Å². The number of alkyl carbamates (subject to hydrolysis) is 1. The van der Waals surface area contributed by atoms with Gasteiger partial charge in [-0.25, -0.2) is 9.59 Å². The van der Waals surface area contributed by atoms with E-state index in [-0.39, 0.29) is 13.2 Å². The molecule has 8 heteroatoms. The van der Waals surface area contributed by atoms with Gasteiger partial charge in [-0.05, 0) is 33.3 Å². The van der Waals surface area contributed by atoms with Gasteiger partial charge in [-0.1, -0.05) is 30.3 Å². The van der Waals surface area contributed by atoms with Gasteiger partial charge in [-0.15, -0.1) is 0 Å². The molecular weight excluding hydrogens is 366 g/mol. The zero-order valence-corrected chi connectivity index (χ0v) is 16.7. The number of carbonyl (C=O) groups is 4. The summed E-state index contributed by atoms with van der Waals surface area (Å²) in [5, 5.41) is 2.34. The van der Waals surface area contributed by atoms with Gasteiger partial charge >= 0.3 is 18.0 Å². The van der Waals surface area contributed by atoms with Crippen LogP contribution in [0.15, 0.2) is 30.3 Å². The molecule has 0 radical (unpaired) electrons. The first kappa shape index (κ1) is 23.1. The summed E-state index contributed by atoms with van der Waals surface area (Å²) in [7, 11) is 0. The van der Waals surface area contributed by atoms with Gasteiger partial charge in [0.25, 0.3) is 0 Å². The van der Waals surface area contributed by atoms with Crippen LogP contribution in [0.5, 0.6) is 0 Å². The second-order valence-corrected chi connectivity index (χ2v) is 7.02. The molecule has 0 aliphatic carbocycles. The fourth-order valence-electron chi connectivity index (χ4n) is 2.15. The van der Waals surface area contributed by atoms with E-state index in [2.05, 4.69) is 5.32 Å². The number of Topliss-reactive ketones (excluding diaryl/α,β-unsaturated/α-hetero) is 1. The third-order valence-electron chi connectivity index (χ3n) is 3.28. The minimum Gasteiger partial charge on any atom is -0.466 e. The number of rotatable bonds is 9. The Morgan fingerprint density at radius 2 is 1.68 bits per heavy atom. The summed E-state index contributed by atoms with van der Waals surface area (Å²) in [6.45, 7) is 6.75. The molecule has 1 amide bonds. The zero-order valence-electron chi connectivity index (χ0n) is 16.7. The summed E-state index contributed by atoms with van der Waals surface area (Å²) in [6, 6.07) is 7.68. The fourth-order valence-corrected chi connectivity index (χ4v) is 2.15. The van der Waals surface area contributed by atoms with Gasteiger partial charge in [-0.3, -0.25) is 9.59 Å². The zero-order chi connectivity index (χ0) is 21.2. The topological polar surface area (TPSA) is 108 Å². The molecule has 8 nitrogen and oxygen atoms in total. The third-order valence-corrected chi connectivity index (χ3v) is 3.28. The molecular formula is C20H27NO7. The van der Waals surface area contributed by atoms with Crippen molar-refractivity contribution in [1.82, 2.24) is 5.32 Å². The van der Waals surface area contributed by atoms with Crippen LogP contribution in [0.1, 0.15) is 46.1 Å². The number of hydrogen-bond donors (Lipinski definition) is 1. The first-order valence-electron chi connectivity index (χ1n) is 8.98. The van der Waals surface area contributed by atoms with Gasteiger partial charge in [0.05, 0.1) is 6.61 Å². The van der Waals surface area contributed by atoms with Crippen molar-refractivity contribution in [3.8, 4) is 0 Å². The van der Waals surface area contributed by atoms with Crippen LogP contribution >= 0.6 is 0 Å². The van der Waals surface area contributed by atoms with Crippen molar-refractivity contribution in [1.29, 1.82) is 0 Å². The van der Waals surface area contributed by atoms with Crippen molar-refractivity contribution in [2.24, 2.45) is 0 Å². The van der Waals surface area contributed by atoms with Crippen molar-refractivity contribution < 1.29 is 33.4 Å². The first-order chi connectivity index (χ1) is 13.1. The number of benzene rings is 1. The average molecular weight is 393 g/mol. The summed E-state index contributed by atoms with van der Waals surface area (Å²) in [4.78, 5) is 48.0. The molecule has 28 heavy (non-hydrogen) atoms. The third kappa shape index (κ3) is 9.70. The van der Waals surface area contributed by atoms with E-state index in [9.17, 15) is 19.2 Å². The van der Waals surface area contributed by atoms with Gasteiger partial charge in [-0.2, -0.15) is 0 Å². The largest absolute Gasteiger partial charge is 0.466 e. The summed E-state index contributed by atoms with van der Waals surface area (Å²) in [5.41, 5.74) is -0.0259. The Morgan fingerprint density at radius 1 is 1.04 bits per heavy atom. The number of amides is 1. The second kappa shape index (κ2) is 11.1. The minimum absolute atomic E-state index is 0.0156. The first-order valence-corrected chi connectivity index (χ1v) is 8.98. The normalized spacial score (nSPS) is 11.9. The van der Waals surface area contributed by atoms with Crippen molar-refractivity contribution in [3.63, 3.8) is 0 Å². The monoisotopic (exact) mass is 393 g/mol. The lowest BCUT2D eigenvalue weighted by molar-refractivity contribution is -0.150. The number of esters is 2. The second-order valence-electron chi connectivity index (χ2n) is 7.02. The lowest BCUT2D eigenvalue weighted by Crippen LogP contribution is -2.45. The highest BCUT2D eigenvalue weighted by Gasteiger charge is 2.28. The Hall–Kier alpha value is -2.90. The smallest absolute Gasteiger partial charge is 0.408 e. The predicted molar refractivity (Wildman–Crippen MR) is 100 cm³/mol. The van der Waals surface area contributed by atoms with Gasteiger partial charge in [0.2, 0.25) is 0 Å². The van der Waals surface area contributed by atoms with E-state index in [0.29, 0.717) is 0 Å². The predicted octanol–water partition coefficient (Wildman–Crippen LogP) is 2.54. The Balaban J connectivity index is 2.75. The van der Waals surface area contributed by atoms with Crippen LogP contribution < -0.4 is 5.32 Å². The summed E-state index contributed by atoms with van der Waals surface area (Å²) < 4.78 is 15.0. The van der Waals surface area contributed by atoms with E-state index in [1.807, 2.05) is 6.07 Å². The highest BCUT2D eigenvalue weighted by Crippen LogP contribution is 2.09. The van der Waals surface area contributed by atoms with Gasteiger partial charge in [0.15, 0.2) is 0 Å². The standard InChI is InChI=1S/C20H27NO7/c1-5-26-17(23)12-15(22)11-16(21-19(25)28-20(2,3)4)18(24)27-13-14-9-7-6-8-10-14/h6-10,16H,5,11-13H2,1-4H3,(H,21,25)/t16-/m1/s1. The summed E-state index contributed by atoms with van der Waals surface area (Å²) >= 11 is 0. The number of nitrogens with one attached hydrogen (secondary N) is 1.